The molecule has 0 spiro atoms. The van der Waals surface area contributed by atoms with E-state index in [2.05, 4.69) is 31.9 Å². The van der Waals surface area contributed by atoms with Crippen LogP contribution in [0.1, 0.15) is 34.6 Å². The van der Waals surface area contributed by atoms with Crippen molar-refractivity contribution in [3.05, 3.63) is 0 Å². The second-order valence-corrected chi connectivity index (χ2v) is 11.5. The number of ether oxygens (including phenoxy) is 2. The molecule has 9 heteroatoms. The van der Waals surface area contributed by atoms with Gasteiger partial charge in [-0.25, -0.2) is 4.79 Å². The summed E-state index contributed by atoms with van der Waals surface area (Å²) in [5.41, 5.74) is 0. The van der Waals surface area contributed by atoms with Gasteiger partial charge in [-0.1, -0.05) is 31.9 Å². The highest BCUT2D eigenvalue weighted by Gasteiger charge is 2.70. The van der Waals surface area contributed by atoms with Crippen LogP contribution in [0.25, 0.3) is 0 Å². The molecule has 0 aromatic rings. The van der Waals surface area contributed by atoms with E-state index >= 15 is 0 Å². The van der Waals surface area contributed by atoms with Crippen molar-refractivity contribution < 1.29 is 23.9 Å². The second kappa shape index (κ2) is 5.37. The Bertz CT molecular complexity index is 549. The summed E-state index contributed by atoms with van der Waals surface area (Å²) in [4.78, 5) is 37.3. The van der Waals surface area contributed by atoms with E-state index in [-0.39, 0.29) is 11.3 Å². The second-order valence-electron chi connectivity index (χ2n) is 6.23. The number of thioether (sulfide) groups is 1. The van der Waals surface area contributed by atoms with Crippen molar-refractivity contribution >= 4 is 61.5 Å². The number of halogens is 2. The fourth-order valence-corrected chi connectivity index (χ4v) is 5.53. The number of β-lactam (4-membered cyclic amide) rings is 1. The van der Waals surface area contributed by atoms with Gasteiger partial charge in [-0.2, -0.15) is 0 Å². The highest BCUT2D eigenvalue weighted by atomic mass is 79.9. The van der Waals surface area contributed by atoms with Crippen molar-refractivity contribution in [3.63, 3.8) is 0 Å². The number of hydrogen-bond donors (Lipinski definition) is 0. The number of hydrogen-bond acceptors (Lipinski definition) is 6. The predicted octanol–water partition coefficient (Wildman–Crippen LogP) is 2.38. The molecule has 0 unspecified atom stereocenters. The van der Waals surface area contributed by atoms with Gasteiger partial charge in [0, 0.05) is 25.5 Å². The Kier molecular flexibility index (Phi) is 4.41. The van der Waals surface area contributed by atoms with Crippen molar-refractivity contribution in [2.24, 2.45) is 0 Å². The first kappa shape index (κ1) is 18.1. The van der Waals surface area contributed by atoms with Crippen LogP contribution in [0.2, 0.25) is 0 Å². The molecule has 2 aliphatic rings. The lowest BCUT2D eigenvalue weighted by molar-refractivity contribution is -0.219. The van der Waals surface area contributed by atoms with Crippen LogP contribution in [0.15, 0.2) is 0 Å². The highest BCUT2D eigenvalue weighted by Crippen LogP contribution is 2.60. The molecule has 0 aliphatic carbocycles. The Hall–Kier alpha value is -0.280. The summed E-state index contributed by atoms with van der Waals surface area (Å²) in [7, 11) is 0. The van der Waals surface area contributed by atoms with Crippen LogP contribution in [-0.2, 0) is 23.9 Å². The summed E-state index contributed by atoms with van der Waals surface area (Å²) in [6.07, 6.45) is 0. The van der Waals surface area contributed by atoms with Crippen molar-refractivity contribution in [3.8, 4) is 0 Å². The van der Waals surface area contributed by atoms with Gasteiger partial charge in [0.25, 0.3) is 11.7 Å². The predicted molar refractivity (Wildman–Crippen MR) is 88.6 cm³/mol. The van der Waals surface area contributed by atoms with Crippen LogP contribution in [-0.4, -0.2) is 47.9 Å². The van der Waals surface area contributed by atoms with E-state index in [4.69, 9.17) is 9.47 Å². The minimum Gasteiger partial charge on any atom is -0.423 e. The van der Waals surface area contributed by atoms with Crippen LogP contribution < -0.4 is 0 Å². The standard InChI is InChI=1S/C13H17Br2NO5S/c1-6(17)20-12(4,5)21-8(18)7-11(2,3)22-10-13(14,15)9(19)16(7)10/h7,10H,1-5H3/t7-,10+/m0/s1. The summed E-state index contributed by atoms with van der Waals surface area (Å²) in [6.45, 7) is 7.96. The summed E-state index contributed by atoms with van der Waals surface area (Å²) in [5, 5.41) is -0.204. The maximum absolute atomic E-state index is 12.6. The molecule has 1 amide bonds. The van der Waals surface area contributed by atoms with E-state index in [0.29, 0.717) is 0 Å². The minimum absolute atomic E-state index is 0.204. The molecule has 0 aromatic carbocycles. The largest absolute Gasteiger partial charge is 0.423 e. The molecule has 0 radical (unpaired) electrons. The Labute approximate surface area is 149 Å². The molecular weight excluding hydrogens is 442 g/mol. The SMILES string of the molecule is CC(=O)OC(C)(C)OC(=O)[C@@H]1N2C(=O)C(Br)(Br)[C@H]2SC1(C)C. The highest BCUT2D eigenvalue weighted by molar-refractivity contribution is 9.26. The van der Waals surface area contributed by atoms with Crippen LogP contribution in [0.5, 0.6) is 0 Å². The molecule has 2 rings (SSSR count). The lowest BCUT2D eigenvalue weighted by atomic mass is 9.98. The number of alkyl halides is 2. The molecule has 22 heavy (non-hydrogen) atoms. The van der Waals surface area contributed by atoms with Crippen LogP contribution in [0.3, 0.4) is 0 Å². The molecule has 0 N–H and O–H groups in total. The first-order valence-corrected chi connectivity index (χ1v) is 9.07. The zero-order valence-electron chi connectivity index (χ0n) is 12.8. The Morgan fingerprint density at radius 1 is 1.27 bits per heavy atom. The van der Waals surface area contributed by atoms with E-state index in [1.807, 2.05) is 13.8 Å². The summed E-state index contributed by atoms with van der Waals surface area (Å²) < 4.78 is 8.93. The van der Waals surface area contributed by atoms with Crippen molar-refractivity contribution in [1.29, 1.82) is 0 Å². The average molecular weight is 459 g/mol. The van der Waals surface area contributed by atoms with E-state index < -0.39 is 31.7 Å². The van der Waals surface area contributed by atoms with Gasteiger partial charge in [-0.3, -0.25) is 9.59 Å². The first-order chi connectivity index (χ1) is 9.79. The quantitative estimate of drug-likeness (QED) is 0.280. The minimum atomic E-state index is -1.38. The molecule has 2 saturated heterocycles. The first-order valence-electron chi connectivity index (χ1n) is 6.60. The number of amides is 1. The lowest BCUT2D eigenvalue weighted by Crippen LogP contribution is -2.68. The van der Waals surface area contributed by atoms with Gasteiger partial charge < -0.3 is 14.4 Å². The fourth-order valence-electron chi connectivity index (χ4n) is 2.63. The summed E-state index contributed by atoms with van der Waals surface area (Å²) in [6, 6.07) is -0.743. The molecule has 2 aliphatic heterocycles. The number of fused-ring (bicyclic) bond motifs is 1. The number of nitrogens with zero attached hydrogens (tertiary/aromatic N) is 1. The van der Waals surface area contributed by atoms with Gasteiger partial charge in [-0.05, 0) is 13.8 Å². The lowest BCUT2D eigenvalue weighted by Gasteiger charge is -2.46. The van der Waals surface area contributed by atoms with Crippen LogP contribution >= 0.6 is 43.6 Å². The number of carbonyl (C=O) groups excluding carboxylic acids is 3. The van der Waals surface area contributed by atoms with Gasteiger partial charge >= 0.3 is 11.9 Å². The number of carbonyl (C=O) groups is 3. The maximum Gasteiger partial charge on any atom is 0.333 e. The third kappa shape index (κ3) is 2.91. The summed E-state index contributed by atoms with van der Waals surface area (Å²) in [5.74, 6) is -2.73. The van der Waals surface area contributed by atoms with Crippen LogP contribution in [0.4, 0.5) is 0 Å². The number of esters is 2. The van der Waals surface area contributed by atoms with E-state index in [0.717, 1.165) is 0 Å². The van der Waals surface area contributed by atoms with Gasteiger partial charge in [0.1, 0.15) is 11.4 Å². The van der Waals surface area contributed by atoms with Gasteiger partial charge in [-0.15, -0.1) is 11.8 Å². The molecule has 2 fully saturated rings. The van der Waals surface area contributed by atoms with E-state index in [1.54, 1.807) is 0 Å². The number of rotatable bonds is 3. The molecule has 2 atom stereocenters. The van der Waals surface area contributed by atoms with Crippen molar-refractivity contribution in [2.75, 3.05) is 0 Å². The van der Waals surface area contributed by atoms with Crippen LogP contribution in [0, 0.1) is 0 Å². The molecule has 124 valence electrons. The molecule has 0 aromatic heterocycles. The Balaban J connectivity index is 2.19. The molecule has 6 nitrogen and oxygen atoms in total. The third-order valence-electron chi connectivity index (χ3n) is 3.39. The monoisotopic (exact) mass is 457 g/mol. The van der Waals surface area contributed by atoms with E-state index in [1.165, 1.54) is 37.4 Å². The third-order valence-corrected chi connectivity index (χ3v) is 7.18. The normalized spacial score (nSPS) is 28.7. The average Bonchev–Trinajstić information content (AvgIpc) is 2.56. The zero-order chi connectivity index (χ0) is 17.1. The van der Waals surface area contributed by atoms with Gasteiger partial charge in [0.15, 0.2) is 3.23 Å². The van der Waals surface area contributed by atoms with E-state index in [9.17, 15) is 14.4 Å². The van der Waals surface area contributed by atoms with Crippen molar-refractivity contribution in [2.45, 2.75) is 59.8 Å². The molecular formula is C13H17Br2NO5S. The Morgan fingerprint density at radius 2 is 1.82 bits per heavy atom. The smallest absolute Gasteiger partial charge is 0.333 e. The zero-order valence-corrected chi connectivity index (χ0v) is 16.8. The Morgan fingerprint density at radius 3 is 2.32 bits per heavy atom. The van der Waals surface area contributed by atoms with Gasteiger partial charge in [0.2, 0.25) is 0 Å². The molecule has 0 saturated carbocycles. The van der Waals surface area contributed by atoms with Gasteiger partial charge in [0.05, 0.1) is 0 Å². The summed E-state index contributed by atoms with van der Waals surface area (Å²) >= 11 is 8.19. The fraction of sp³-hybridized carbons (Fsp3) is 0.769. The van der Waals surface area contributed by atoms with Crippen molar-refractivity contribution in [1.82, 2.24) is 4.90 Å². The maximum atomic E-state index is 12.6. The molecule has 0 bridgehead atoms. The topological polar surface area (TPSA) is 72.9 Å². The molecule has 2 heterocycles.